The minimum atomic E-state index is 0.644. The molecule has 172 valence electrons. The molecule has 0 aromatic carbocycles. The SMILES string of the molecule is CC1=CC=C(C(C)C)[C@@H](CC2=CC=C(C(C)C)[C@@H](C)C3C(C)CCC23)C2C(C)CCC12. The quantitative estimate of drug-likeness (QED) is 0.425. The van der Waals surface area contributed by atoms with E-state index in [9.17, 15) is 0 Å². The summed E-state index contributed by atoms with van der Waals surface area (Å²) in [6.45, 7) is 19.7. The smallest absolute Gasteiger partial charge is 0.0123 e. The predicted octanol–water partition coefficient (Wildman–Crippen LogP) is 9.02. The van der Waals surface area contributed by atoms with Crippen LogP contribution in [0.25, 0.3) is 0 Å². The van der Waals surface area contributed by atoms with E-state index >= 15 is 0 Å². The lowest BCUT2D eigenvalue weighted by atomic mass is 9.67. The maximum absolute atomic E-state index is 2.62. The molecule has 0 aromatic heterocycles. The molecule has 0 nitrogen and oxygen atoms in total. The number of allylic oxidation sites excluding steroid dienone is 8. The van der Waals surface area contributed by atoms with Crippen LogP contribution in [0.3, 0.4) is 0 Å². The third-order valence-electron chi connectivity index (χ3n) is 9.98. The number of hydrogen-bond donors (Lipinski definition) is 0. The van der Waals surface area contributed by atoms with Gasteiger partial charge in [0.15, 0.2) is 0 Å². The molecule has 0 saturated heterocycles. The first-order chi connectivity index (χ1) is 14.7. The molecule has 0 aliphatic heterocycles. The Labute approximate surface area is 193 Å². The zero-order chi connectivity index (χ0) is 22.4. The van der Waals surface area contributed by atoms with Gasteiger partial charge in [0.2, 0.25) is 0 Å². The van der Waals surface area contributed by atoms with Gasteiger partial charge in [-0.2, -0.15) is 0 Å². The fourth-order valence-corrected chi connectivity index (χ4v) is 8.39. The van der Waals surface area contributed by atoms with Gasteiger partial charge in [-0.25, -0.2) is 0 Å². The van der Waals surface area contributed by atoms with Crippen LogP contribution < -0.4 is 0 Å². The van der Waals surface area contributed by atoms with Crippen LogP contribution in [-0.4, -0.2) is 0 Å². The normalized spacial score (nSPS) is 40.6. The molecule has 2 fully saturated rings. The highest BCUT2D eigenvalue weighted by Gasteiger charge is 2.45. The van der Waals surface area contributed by atoms with Crippen LogP contribution in [0.5, 0.6) is 0 Å². The summed E-state index contributed by atoms with van der Waals surface area (Å²) >= 11 is 0. The highest BCUT2D eigenvalue weighted by atomic mass is 14.5. The molecule has 2 saturated carbocycles. The van der Waals surface area contributed by atoms with E-state index in [-0.39, 0.29) is 0 Å². The van der Waals surface area contributed by atoms with Crippen LogP contribution in [0.15, 0.2) is 46.6 Å². The Kier molecular flexibility index (Phi) is 6.77. The van der Waals surface area contributed by atoms with E-state index in [2.05, 4.69) is 79.7 Å². The topological polar surface area (TPSA) is 0 Å². The molecular weight excluding hydrogens is 372 g/mol. The average Bonchev–Trinajstić information content (AvgIpc) is 3.19. The van der Waals surface area contributed by atoms with Gasteiger partial charge in [0.25, 0.3) is 0 Å². The van der Waals surface area contributed by atoms with Crippen LogP contribution in [-0.2, 0) is 0 Å². The Bertz CT molecular complexity index is 785. The van der Waals surface area contributed by atoms with Gasteiger partial charge in [-0.05, 0) is 98.2 Å². The fourth-order valence-electron chi connectivity index (χ4n) is 8.39. The Balaban J connectivity index is 1.72. The van der Waals surface area contributed by atoms with Gasteiger partial charge >= 0.3 is 0 Å². The molecule has 0 aromatic rings. The maximum atomic E-state index is 2.62. The molecule has 0 spiro atoms. The van der Waals surface area contributed by atoms with E-state index in [4.69, 9.17) is 0 Å². The summed E-state index contributed by atoms with van der Waals surface area (Å²) in [5, 5.41) is 0. The van der Waals surface area contributed by atoms with Crippen LogP contribution in [0.2, 0.25) is 0 Å². The summed E-state index contributed by atoms with van der Waals surface area (Å²) < 4.78 is 0. The van der Waals surface area contributed by atoms with E-state index in [0.717, 1.165) is 47.3 Å². The van der Waals surface area contributed by atoms with Crippen molar-refractivity contribution in [1.82, 2.24) is 0 Å². The molecule has 4 aliphatic carbocycles. The third kappa shape index (κ3) is 4.18. The van der Waals surface area contributed by atoms with Crippen molar-refractivity contribution in [3.63, 3.8) is 0 Å². The zero-order valence-corrected chi connectivity index (χ0v) is 21.6. The van der Waals surface area contributed by atoms with Crippen LogP contribution in [0.4, 0.5) is 0 Å². The number of hydrogen-bond acceptors (Lipinski definition) is 0. The van der Waals surface area contributed by atoms with Gasteiger partial charge in [-0.1, -0.05) is 95.1 Å². The first kappa shape index (κ1) is 23.1. The monoisotopic (exact) mass is 420 g/mol. The van der Waals surface area contributed by atoms with E-state index in [1.54, 1.807) is 22.3 Å². The Morgan fingerprint density at radius 2 is 1.29 bits per heavy atom. The molecule has 0 heteroatoms. The van der Waals surface area contributed by atoms with E-state index in [0.29, 0.717) is 11.8 Å². The van der Waals surface area contributed by atoms with E-state index in [1.165, 1.54) is 32.1 Å². The first-order valence-corrected chi connectivity index (χ1v) is 13.5. The second-order valence-corrected chi connectivity index (χ2v) is 12.4. The highest BCUT2D eigenvalue weighted by molar-refractivity contribution is 5.33. The van der Waals surface area contributed by atoms with Crippen LogP contribution in [0, 0.1) is 59.2 Å². The van der Waals surface area contributed by atoms with Crippen LogP contribution in [0.1, 0.15) is 87.5 Å². The van der Waals surface area contributed by atoms with Gasteiger partial charge in [0.05, 0.1) is 0 Å². The summed E-state index contributed by atoms with van der Waals surface area (Å²) in [5.74, 6) is 7.76. The summed E-state index contributed by atoms with van der Waals surface area (Å²) in [6.07, 6.45) is 17.2. The maximum Gasteiger partial charge on any atom is -0.0123 e. The molecule has 31 heavy (non-hydrogen) atoms. The van der Waals surface area contributed by atoms with Crippen molar-refractivity contribution in [2.45, 2.75) is 87.5 Å². The van der Waals surface area contributed by atoms with Crippen molar-refractivity contribution in [3.8, 4) is 0 Å². The molecule has 4 rings (SSSR count). The Hall–Kier alpha value is -1.04. The Morgan fingerprint density at radius 3 is 1.94 bits per heavy atom. The average molecular weight is 421 g/mol. The fraction of sp³-hybridized carbons (Fsp3) is 0.742. The lowest BCUT2D eigenvalue weighted by molar-refractivity contribution is 0.232. The summed E-state index contributed by atoms with van der Waals surface area (Å²) in [7, 11) is 0. The van der Waals surface area contributed by atoms with E-state index in [1.807, 2.05) is 0 Å². The predicted molar refractivity (Wildman–Crippen MR) is 136 cm³/mol. The lowest BCUT2D eigenvalue weighted by Gasteiger charge is -2.37. The largest absolute Gasteiger partial charge is 0.0699 e. The molecule has 6 unspecified atom stereocenters. The van der Waals surface area contributed by atoms with Gasteiger partial charge in [-0.3, -0.25) is 0 Å². The molecule has 8 atom stereocenters. The third-order valence-corrected chi connectivity index (χ3v) is 9.98. The first-order valence-electron chi connectivity index (χ1n) is 13.5. The molecule has 4 aliphatic rings. The van der Waals surface area contributed by atoms with Crippen molar-refractivity contribution in [1.29, 1.82) is 0 Å². The summed E-state index contributed by atoms with van der Waals surface area (Å²) in [5.41, 5.74) is 6.87. The lowest BCUT2D eigenvalue weighted by Crippen LogP contribution is -2.29. The van der Waals surface area contributed by atoms with E-state index < -0.39 is 0 Å². The molecule has 0 bridgehead atoms. The van der Waals surface area contributed by atoms with Gasteiger partial charge in [0.1, 0.15) is 0 Å². The minimum Gasteiger partial charge on any atom is -0.0699 e. The molecule has 0 amide bonds. The Morgan fingerprint density at radius 1 is 0.710 bits per heavy atom. The zero-order valence-electron chi connectivity index (χ0n) is 21.6. The molecular formula is C31H48. The second kappa shape index (κ2) is 9.07. The standard InChI is InChI=1S/C31H48/c1-18(2)25-16-12-24(28-15-11-21(6)30(28)23(25)8)17-29-26(19(3)4)13-9-20(5)27-14-10-22(7)31(27)29/h9,12-13,16,18-19,21-23,27-31H,10-11,14-15,17H2,1-8H3/t21?,22?,23-,27?,28?,29-,30?,31?/m1/s1. The van der Waals surface area contributed by atoms with Crippen molar-refractivity contribution in [2.75, 3.05) is 0 Å². The second-order valence-electron chi connectivity index (χ2n) is 12.4. The van der Waals surface area contributed by atoms with Crippen molar-refractivity contribution >= 4 is 0 Å². The summed E-state index contributed by atoms with van der Waals surface area (Å²) in [6, 6.07) is 0. The van der Waals surface area contributed by atoms with Crippen molar-refractivity contribution in [2.24, 2.45) is 59.2 Å². The molecule has 0 heterocycles. The van der Waals surface area contributed by atoms with Crippen LogP contribution >= 0.6 is 0 Å². The minimum absolute atomic E-state index is 0.644. The summed E-state index contributed by atoms with van der Waals surface area (Å²) in [4.78, 5) is 0. The van der Waals surface area contributed by atoms with Gasteiger partial charge in [-0.15, -0.1) is 0 Å². The number of fused-ring (bicyclic) bond motifs is 2. The van der Waals surface area contributed by atoms with Crippen molar-refractivity contribution < 1.29 is 0 Å². The van der Waals surface area contributed by atoms with Gasteiger partial charge in [0, 0.05) is 0 Å². The van der Waals surface area contributed by atoms with Gasteiger partial charge < -0.3 is 0 Å². The number of rotatable bonds is 4. The molecule has 0 N–H and O–H groups in total. The highest BCUT2D eigenvalue weighted by Crippen LogP contribution is 2.55. The molecule has 0 radical (unpaired) electrons. The van der Waals surface area contributed by atoms with Crippen molar-refractivity contribution in [3.05, 3.63) is 46.6 Å².